The zero-order chi connectivity index (χ0) is 18.0. The number of carbonyl (C=O) groups excluding carboxylic acids is 1. The number of nitrogens with one attached hydrogen (secondary N) is 1. The number of carbonyl (C=O) groups is 1. The standard InChI is InChI=1S/C20H19NO3S/c1-14(22)18-9-5-7-15-10-11-16(12-20(15)18)19-8-4-3-6-17(19)13-21-25(2,23)24/h3-12,21H,13H2,1-2H3. The van der Waals surface area contributed by atoms with Gasteiger partial charge >= 0.3 is 0 Å². The number of fused-ring (bicyclic) bond motifs is 1. The van der Waals surface area contributed by atoms with Crippen molar-refractivity contribution in [3.8, 4) is 11.1 Å². The highest BCUT2D eigenvalue weighted by Gasteiger charge is 2.10. The SMILES string of the molecule is CC(=O)c1cccc2ccc(-c3ccccc3CNS(C)(=O)=O)cc12. The molecule has 5 heteroatoms. The molecule has 0 amide bonds. The molecule has 0 fully saturated rings. The maximum Gasteiger partial charge on any atom is 0.209 e. The van der Waals surface area contributed by atoms with Gasteiger partial charge in [0.05, 0.1) is 6.26 Å². The Kier molecular flexibility index (Phi) is 4.70. The lowest BCUT2D eigenvalue weighted by atomic mass is 9.94. The Hall–Kier alpha value is -2.50. The van der Waals surface area contributed by atoms with Gasteiger partial charge in [0, 0.05) is 12.1 Å². The van der Waals surface area contributed by atoms with E-state index in [9.17, 15) is 13.2 Å². The van der Waals surface area contributed by atoms with Gasteiger partial charge in [0.25, 0.3) is 0 Å². The molecule has 0 atom stereocenters. The van der Waals surface area contributed by atoms with Gasteiger partial charge in [-0.2, -0.15) is 0 Å². The molecule has 25 heavy (non-hydrogen) atoms. The topological polar surface area (TPSA) is 63.2 Å². The van der Waals surface area contributed by atoms with E-state index in [1.54, 1.807) is 6.92 Å². The molecule has 0 radical (unpaired) electrons. The van der Waals surface area contributed by atoms with Gasteiger partial charge in [-0.3, -0.25) is 4.79 Å². The fourth-order valence-corrected chi connectivity index (χ4v) is 3.33. The van der Waals surface area contributed by atoms with E-state index in [1.165, 1.54) is 0 Å². The summed E-state index contributed by atoms with van der Waals surface area (Å²) in [6.07, 6.45) is 1.14. The summed E-state index contributed by atoms with van der Waals surface area (Å²) in [7, 11) is -3.27. The Bertz CT molecular complexity index is 1060. The number of sulfonamides is 1. The van der Waals surface area contributed by atoms with Crippen LogP contribution in [0.4, 0.5) is 0 Å². The van der Waals surface area contributed by atoms with Crippen molar-refractivity contribution in [2.75, 3.05) is 6.26 Å². The first-order valence-corrected chi connectivity index (χ1v) is 9.81. The van der Waals surface area contributed by atoms with E-state index < -0.39 is 10.0 Å². The second-order valence-corrected chi connectivity index (χ2v) is 7.88. The van der Waals surface area contributed by atoms with Gasteiger partial charge in [0.2, 0.25) is 10.0 Å². The van der Waals surface area contributed by atoms with Crippen molar-refractivity contribution in [1.82, 2.24) is 4.72 Å². The minimum atomic E-state index is -3.27. The second-order valence-electron chi connectivity index (χ2n) is 6.05. The minimum absolute atomic E-state index is 0.0229. The highest BCUT2D eigenvalue weighted by Crippen LogP contribution is 2.29. The third-order valence-electron chi connectivity index (χ3n) is 4.11. The lowest BCUT2D eigenvalue weighted by Crippen LogP contribution is -2.21. The van der Waals surface area contributed by atoms with E-state index >= 15 is 0 Å². The van der Waals surface area contributed by atoms with Crippen molar-refractivity contribution >= 4 is 26.6 Å². The van der Waals surface area contributed by atoms with E-state index in [-0.39, 0.29) is 12.3 Å². The molecule has 0 aliphatic carbocycles. The molecule has 0 heterocycles. The van der Waals surface area contributed by atoms with E-state index in [0.717, 1.165) is 33.7 Å². The Morgan fingerprint density at radius 2 is 1.76 bits per heavy atom. The van der Waals surface area contributed by atoms with Gasteiger partial charge < -0.3 is 0 Å². The van der Waals surface area contributed by atoms with E-state index in [1.807, 2.05) is 60.7 Å². The molecule has 0 saturated carbocycles. The van der Waals surface area contributed by atoms with Gasteiger partial charge in [-0.25, -0.2) is 13.1 Å². The molecule has 0 aliphatic heterocycles. The van der Waals surface area contributed by atoms with Crippen LogP contribution in [0.1, 0.15) is 22.8 Å². The van der Waals surface area contributed by atoms with Crippen LogP contribution in [0.3, 0.4) is 0 Å². The summed E-state index contributed by atoms with van der Waals surface area (Å²) in [5.41, 5.74) is 3.46. The van der Waals surface area contributed by atoms with Crippen molar-refractivity contribution in [1.29, 1.82) is 0 Å². The monoisotopic (exact) mass is 353 g/mol. The smallest absolute Gasteiger partial charge is 0.209 e. The summed E-state index contributed by atoms with van der Waals surface area (Å²) in [4.78, 5) is 11.9. The summed E-state index contributed by atoms with van der Waals surface area (Å²) < 4.78 is 25.3. The third kappa shape index (κ3) is 3.95. The van der Waals surface area contributed by atoms with Crippen LogP contribution < -0.4 is 4.72 Å². The molecule has 3 rings (SSSR count). The highest BCUT2D eigenvalue weighted by atomic mass is 32.2. The van der Waals surface area contributed by atoms with Crippen LogP contribution in [0.25, 0.3) is 21.9 Å². The zero-order valence-corrected chi connectivity index (χ0v) is 14.9. The molecule has 0 saturated heterocycles. The Labute approximate surface area is 147 Å². The van der Waals surface area contributed by atoms with Crippen LogP contribution in [0, 0.1) is 0 Å². The summed E-state index contributed by atoms with van der Waals surface area (Å²) >= 11 is 0. The van der Waals surface area contributed by atoms with E-state index in [0.29, 0.717) is 5.56 Å². The fraction of sp³-hybridized carbons (Fsp3) is 0.150. The Morgan fingerprint density at radius 1 is 1.00 bits per heavy atom. The average molecular weight is 353 g/mol. The molecule has 0 aromatic heterocycles. The highest BCUT2D eigenvalue weighted by molar-refractivity contribution is 7.88. The second kappa shape index (κ2) is 6.78. The van der Waals surface area contributed by atoms with Crippen LogP contribution >= 0.6 is 0 Å². The number of hydrogen-bond acceptors (Lipinski definition) is 3. The molecule has 0 spiro atoms. The van der Waals surface area contributed by atoms with Crippen LogP contribution in [0.2, 0.25) is 0 Å². The first-order valence-electron chi connectivity index (χ1n) is 7.92. The Morgan fingerprint density at radius 3 is 2.48 bits per heavy atom. The van der Waals surface area contributed by atoms with Crippen molar-refractivity contribution in [3.63, 3.8) is 0 Å². The third-order valence-corrected chi connectivity index (χ3v) is 4.78. The van der Waals surface area contributed by atoms with Crippen LogP contribution in [0.15, 0.2) is 60.7 Å². The molecular formula is C20H19NO3S. The predicted octanol–water partition coefficient (Wildman–Crippen LogP) is 3.76. The maximum atomic E-state index is 11.9. The van der Waals surface area contributed by atoms with Crippen LogP contribution in [-0.2, 0) is 16.6 Å². The van der Waals surface area contributed by atoms with Crippen molar-refractivity contribution in [2.24, 2.45) is 0 Å². The normalized spacial score (nSPS) is 11.6. The molecule has 0 bridgehead atoms. The number of Topliss-reactive ketones (excluding diaryl/α,β-unsaturated/α-hetero) is 1. The number of ketones is 1. The zero-order valence-electron chi connectivity index (χ0n) is 14.1. The van der Waals surface area contributed by atoms with E-state index in [4.69, 9.17) is 0 Å². The Balaban J connectivity index is 2.11. The van der Waals surface area contributed by atoms with Gasteiger partial charge in [-0.15, -0.1) is 0 Å². The van der Waals surface area contributed by atoms with Gasteiger partial charge in [-0.1, -0.05) is 54.6 Å². The molecule has 0 aliphatic rings. The predicted molar refractivity (Wildman–Crippen MR) is 101 cm³/mol. The maximum absolute atomic E-state index is 11.9. The van der Waals surface area contributed by atoms with Gasteiger partial charge in [0.1, 0.15) is 0 Å². The van der Waals surface area contributed by atoms with Gasteiger partial charge in [0.15, 0.2) is 5.78 Å². The summed E-state index contributed by atoms with van der Waals surface area (Å²) in [6.45, 7) is 1.78. The fourth-order valence-electron chi connectivity index (χ4n) is 2.91. The van der Waals surface area contributed by atoms with Gasteiger partial charge in [-0.05, 0) is 40.5 Å². The number of benzene rings is 3. The molecule has 3 aromatic carbocycles. The summed E-state index contributed by atoms with van der Waals surface area (Å²) in [5.74, 6) is 0.0229. The van der Waals surface area contributed by atoms with Crippen LogP contribution in [-0.4, -0.2) is 20.5 Å². The average Bonchev–Trinajstić information content (AvgIpc) is 2.58. The lowest BCUT2D eigenvalue weighted by Gasteiger charge is -2.12. The molecule has 0 unspecified atom stereocenters. The quantitative estimate of drug-likeness (QED) is 0.711. The minimum Gasteiger partial charge on any atom is -0.294 e. The number of hydrogen-bond donors (Lipinski definition) is 1. The number of rotatable bonds is 5. The van der Waals surface area contributed by atoms with Crippen molar-refractivity contribution < 1.29 is 13.2 Å². The molecule has 4 nitrogen and oxygen atoms in total. The largest absolute Gasteiger partial charge is 0.294 e. The van der Waals surface area contributed by atoms with Crippen molar-refractivity contribution in [2.45, 2.75) is 13.5 Å². The molecule has 1 N–H and O–H groups in total. The molecular weight excluding hydrogens is 334 g/mol. The molecule has 128 valence electrons. The van der Waals surface area contributed by atoms with Crippen LogP contribution in [0.5, 0.6) is 0 Å². The van der Waals surface area contributed by atoms with Crippen molar-refractivity contribution in [3.05, 3.63) is 71.8 Å². The first-order chi connectivity index (χ1) is 11.8. The van der Waals surface area contributed by atoms with E-state index in [2.05, 4.69) is 4.72 Å². The lowest BCUT2D eigenvalue weighted by molar-refractivity contribution is 0.101. The summed E-state index contributed by atoms with van der Waals surface area (Å²) in [6, 6.07) is 19.3. The summed E-state index contributed by atoms with van der Waals surface area (Å²) in [5, 5.41) is 1.90. The first kappa shape index (κ1) is 17.3. The molecule has 3 aromatic rings.